The molecule has 170 valence electrons. The minimum Gasteiger partial charge on any atom is -0.364 e. The number of fused-ring (bicyclic) bond motifs is 3. The van der Waals surface area contributed by atoms with Crippen LogP contribution < -0.4 is 20.9 Å². The SMILES string of the molecule is CNC(=O)c1nnc(NC(=O)C2C[C@H]2C)cc1Nc1cccc2c1N(C)Cc1nc(C)nn1-2. The Labute approximate surface area is 190 Å². The Balaban J connectivity index is 1.53. The first-order valence-corrected chi connectivity index (χ1v) is 10.8. The molecule has 0 saturated heterocycles. The minimum absolute atomic E-state index is 0.00282. The van der Waals surface area contributed by atoms with Crippen molar-refractivity contribution in [3.8, 4) is 5.69 Å². The van der Waals surface area contributed by atoms with Gasteiger partial charge in [0.25, 0.3) is 5.91 Å². The first kappa shape index (κ1) is 20.9. The topological polar surface area (TPSA) is 130 Å². The fourth-order valence-electron chi connectivity index (χ4n) is 4.14. The molecule has 3 N–H and O–H groups in total. The molecular weight excluding hydrogens is 422 g/mol. The van der Waals surface area contributed by atoms with Gasteiger partial charge in [0.05, 0.1) is 29.3 Å². The van der Waals surface area contributed by atoms with Gasteiger partial charge in [0.2, 0.25) is 5.91 Å². The van der Waals surface area contributed by atoms with Crippen molar-refractivity contribution in [3.05, 3.63) is 41.6 Å². The monoisotopic (exact) mass is 447 g/mol. The summed E-state index contributed by atoms with van der Waals surface area (Å²) < 4.78 is 1.84. The average molecular weight is 448 g/mol. The van der Waals surface area contributed by atoms with Gasteiger partial charge < -0.3 is 20.9 Å². The van der Waals surface area contributed by atoms with Gasteiger partial charge >= 0.3 is 0 Å². The van der Waals surface area contributed by atoms with E-state index in [0.29, 0.717) is 29.8 Å². The molecule has 1 aliphatic heterocycles. The second-order valence-corrected chi connectivity index (χ2v) is 8.52. The summed E-state index contributed by atoms with van der Waals surface area (Å²) >= 11 is 0. The highest BCUT2D eigenvalue weighted by Gasteiger charge is 2.39. The van der Waals surface area contributed by atoms with Crippen molar-refractivity contribution in [2.75, 3.05) is 29.6 Å². The molecule has 1 fully saturated rings. The fourth-order valence-corrected chi connectivity index (χ4v) is 4.14. The van der Waals surface area contributed by atoms with Crippen molar-refractivity contribution in [3.63, 3.8) is 0 Å². The normalized spacial score (nSPS) is 18.2. The van der Waals surface area contributed by atoms with Crippen LogP contribution in [-0.4, -0.2) is 50.9 Å². The van der Waals surface area contributed by atoms with Gasteiger partial charge in [0.1, 0.15) is 5.82 Å². The number of benzene rings is 1. The molecule has 2 amide bonds. The third kappa shape index (κ3) is 3.75. The van der Waals surface area contributed by atoms with E-state index in [0.717, 1.165) is 29.3 Å². The van der Waals surface area contributed by atoms with Crippen LogP contribution in [0.5, 0.6) is 0 Å². The maximum atomic E-state index is 12.5. The van der Waals surface area contributed by atoms with Gasteiger partial charge in [0.15, 0.2) is 17.3 Å². The minimum atomic E-state index is -0.383. The summed E-state index contributed by atoms with van der Waals surface area (Å²) in [6.45, 7) is 4.49. The molecule has 11 nitrogen and oxygen atoms in total. The number of hydrogen-bond acceptors (Lipinski definition) is 8. The summed E-state index contributed by atoms with van der Waals surface area (Å²) in [5.41, 5.74) is 3.12. The van der Waals surface area contributed by atoms with Crippen molar-refractivity contribution in [2.45, 2.75) is 26.8 Å². The lowest BCUT2D eigenvalue weighted by molar-refractivity contribution is -0.117. The van der Waals surface area contributed by atoms with Crippen LogP contribution in [0.15, 0.2) is 24.3 Å². The van der Waals surface area contributed by atoms with Crippen molar-refractivity contribution in [1.82, 2.24) is 30.3 Å². The summed E-state index contributed by atoms with van der Waals surface area (Å²) in [6, 6.07) is 7.44. The zero-order valence-corrected chi connectivity index (χ0v) is 18.9. The number of anilines is 4. The molecule has 11 heteroatoms. The standard InChI is InChI=1S/C22H25N9O2/c1-11-8-13(11)21(32)26-17-9-15(19(28-27-17)22(33)23-3)25-14-6-5-7-16-20(14)30(4)10-18-24-12(2)29-31(16)18/h5-7,9,11,13H,8,10H2,1-4H3,(H,23,33)(H2,25,26,27,32)/t11-,13?/m1/s1. The molecule has 0 spiro atoms. The van der Waals surface area contributed by atoms with Crippen LogP contribution in [0.4, 0.5) is 22.9 Å². The van der Waals surface area contributed by atoms with Gasteiger partial charge in [-0.3, -0.25) is 9.59 Å². The summed E-state index contributed by atoms with van der Waals surface area (Å²) in [5, 5.41) is 21.4. The second-order valence-electron chi connectivity index (χ2n) is 8.52. The molecule has 33 heavy (non-hydrogen) atoms. The Hall–Kier alpha value is -4.02. The lowest BCUT2D eigenvalue weighted by Gasteiger charge is -2.29. The van der Waals surface area contributed by atoms with E-state index < -0.39 is 0 Å². The molecule has 1 aromatic carbocycles. The van der Waals surface area contributed by atoms with Crippen LogP contribution in [0.3, 0.4) is 0 Å². The number of aryl methyl sites for hydroxylation is 1. The molecule has 2 atom stereocenters. The predicted molar refractivity (Wildman–Crippen MR) is 123 cm³/mol. The molecule has 1 aliphatic carbocycles. The quantitative estimate of drug-likeness (QED) is 0.542. The maximum absolute atomic E-state index is 12.5. The van der Waals surface area contributed by atoms with E-state index in [2.05, 4.69) is 41.1 Å². The van der Waals surface area contributed by atoms with E-state index in [1.54, 1.807) is 6.07 Å². The number of para-hydroxylation sites is 1. The molecule has 0 bridgehead atoms. The Morgan fingerprint density at radius 2 is 1.97 bits per heavy atom. The van der Waals surface area contributed by atoms with Crippen molar-refractivity contribution >= 4 is 34.7 Å². The Morgan fingerprint density at radius 1 is 1.18 bits per heavy atom. The summed E-state index contributed by atoms with van der Waals surface area (Å²) in [6.07, 6.45) is 0.868. The van der Waals surface area contributed by atoms with Gasteiger partial charge in [-0.2, -0.15) is 5.10 Å². The number of nitrogens with zero attached hydrogens (tertiary/aromatic N) is 6. The van der Waals surface area contributed by atoms with Crippen molar-refractivity contribution < 1.29 is 9.59 Å². The summed E-state index contributed by atoms with van der Waals surface area (Å²) in [4.78, 5) is 31.4. The highest BCUT2D eigenvalue weighted by molar-refractivity contribution is 6.00. The Bertz CT molecular complexity index is 1270. The first-order chi connectivity index (χ1) is 15.9. The van der Waals surface area contributed by atoms with Crippen LogP contribution in [0, 0.1) is 18.8 Å². The van der Waals surface area contributed by atoms with Gasteiger partial charge in [-0.25, -0.2) is 9.67 Å². The summed E-state index contributed by atoms with van der Waals surface area (Å²) in [7, 11) is 3.51. The molecule has 3 aromatic rings. The largest absolute Gasteiger partial charge is 0.364 e. The van der Waals surface area contributed by atoms with Crippen LogP contribution in [0.2, 0.25) is 0 Å². The number of nitrogens with one attached hydrogen (secondary N) is 3. The molecule has 1 unspecified atom stereocenters. The highest BCUT2D eigenvalue weighted by Crippen LogP contribution is 2.40. The molecule has 5 rings (SSSR count). The molecule has 0 radical (unpaired) electrons. The van der Waals surface area contributed by atoms with Gasteiger partial charge in [0, 0.05) is 26.1 Å². The second kappa shape index (κ2) is 7.84. The number of carbonyl (C=O) groups is 2. The smallest absolute Gasteiger partial charge is 0.273 e. The number of rotatable bonds is 5. The van der Waals surface area contributed by atoms with Crippen LogP contribution in [-0.2, 0) is 11.3 Å². The van der Waals surface area contributed by atoms with Gasteiger partial charge in [-0.05, 0) is 31.4 Å². The molecule has 3 heterocycles. The number of amides is 2. The maximum Gasteiger partial charge on any atom is 0.273 e. The third-order valence-electron chi connectivity index (χ3n) is 5.99. The zero-order chi connectivity index (χ0) is 23.3. The lowest BCUT2D eigenvalue weighted by Crippen LogP contribution is -2.27. The van der Waals surface area contributed by atoms with E-state index >= 15 is 0 Å². The van der Waals surface area contributed by atoms with E-state index in [9.17, 15) is 9.59 Å². The van der Waals surface area contributed by atoms with Crippen LogP contribution in [0.1, 0.15) is 35.5 Å². The van der Waals surface area contributed by atoms with Crippen LogP contribution >= 0.6 is 0 Å². The number of hydrogen-bond donors (Lipinski definition) is 3. The van der Waals surface area contributed by atoms with Crippen molar-refractivity contribution in [2.24, 2.45) is 11.8 Å². The van der Waals surface area contributed by atoms with E-state index in [1.165, 1.54) is 7.05 Å². The lowest BCUT2D eigenvalue weighted by atomic mass is 10.1. The van der Waals surface area contributed by atoms with Gasteiger partial charge in [-0.15, -0.1) is 10.2 Å². The van der Waals surface area contributed by atoms with E-state index in [4.69, 9.17) is 0 Å². The van der Waals surface area contributed by atoms with E-state index in [1.807, 2.05) is 43.8 Å². The molecular formula is C22H25N9O2. The number of aromatic nitrogens is 5. The summed E-state index contributed by atoms with van der Waals surface area (Å²) in [5.74, 6) is 1.76. The predicted octanol–water partition coefficient (Wildman–Crippen LogP) is 2.01. The third-order valence-corrected chi connectivity index (χ3v) is 5.99. The fraction of sp³-hybridized carbons (Fsp3) is 0.364. The first-order valence-electron chi connectivity index (χ1n) is 10.8. The molecule has 2 aromatic heterocycles. The van der Waals surface area contributed by atoms with Crippen molar-refractivity contribution in [1.29, 1.82) is 0 Å². The Morgan fingerprint density at radius 3 is 2.70 bits per heavy atom. The average Bonchev–Trinajstić information content (AvgIpc) is 3.41. The van der Waals surface area contributed by atoms with Gasteiger partial charge in [-0.1, -0.05) is 13.0 Å². The molecule has 1 saturated carbocycles. The number of carbonyl (C=O) groups excluding carboxylic acids is 2. The van der Waals surface area contributed by atoms with E-state index in [-0.39, 0.29) is 23.4 Å². The Kier molecular flexibility index (Phi) is 4.95. The zero-order valence-electron chi connectivity index (χ0n) is 18.9. The highest BCUT2D eigenvalue weighted by atomic mass is 16.2. The molecule has 2 aliphatic rings. The van der Waals surface area contributed by atoms with Crippen LogP contribution in [0.25, 0.3) is 5.69 Å².